The van der Waals surface area contributed by atoms with Crippen molar-refractivity contribution in [1.29, 1.82) is 0 Å². The minimum atomic E-state index is -0.458. The molecule has 0 aromatic carbocycles. The Hall–Kier alpha value is -0.670. The van der Waals surface area contributed by atoms with Crippen molar-refractivity contribution in [2.45, 2.75) is 87.2 Å². The highest BCUT2D eigenvalue weighted by Gasteiger charge is 2.23. The van der Waals surface area contributed by atoms with E-state index in [4.69, 9.17) is 9.84 Å². The molecule has 0 bridgehead atoms. The van der Waals surface area contributed by atoms with Crippen LogP contribution in [0.5, 0.6) is 0 Å². The van der Waals surface area contributed by atoms with E-state index in [2.05, 4.69) is 6.92 Å². The van der Waals surface area contributed by atoms with Gasteiger partial charge in [0.1, 0.15) is 0 Å². The molecule has 134 valence electrons. The first kappa shape index (κ1) is 26.2. The van der Waals surface area contributed by atoms with Crippen molar-refractivity contribution in [2.75, 3.05) is 13.2 Å². The summed E-state index contributed by atoms with van der Waals surface area (Å²) in [7, 11) is 0. The van der Waals surface area contributed by atoms with Gasteiger partial charge < -0.3 is 9.84 Å². The summed E-state index contributed by atoms with van der Waals surface area (Å²) in [6.07, 6.45) is 6.57. The standard InChI is InChI=1S/C10H16O2.C5H12O.2C2H6/c1-9(11)3-4-10(2)5-7-12-8-6-10;1-4-5(2,3)6;2*1-2/h3-4H,5-8H2,1-2H3;6H,4H2,1-3H3;2*1-2H3/b4-3+;;;. The van der Waals surface area contributed by atoms with Gasteiger partial charge in [0.25, 0.3) is 0 Å². The van der Waals surface area contributed by atoms with Crippen LogP contribution in [0.15, 0.2) is 12.2 Å². The summed E-state index contributed by atoms with van der Waals surface area (Å²) in [6.45, 7) is 19.0. The lowest BCUT2D eigenvalue weighted by Crippen LogP contribution is -2.24. The number of allylic oxidation sites excluding steroid dienone is 2. The van der Waals surface area contributed by atoms with Gasteiger partial charge in [0.2, 0.25) is 0 Å². The zero-order chi connectivity index (χ0) is 18.2. The molecule has 1 aliphatic rings. The highest BCUT2D eigenvalue weighted by atomic mass is 16.5. The van der Waals surface area contributed by atoms with Crippen LogP contribution in [0, 0.1) is 5.41 Å². The van der Waals surface area contributed by atoms with Crippen molar-refractivity contribution in [3.63, 3.8) is 0 Å². The molecule has 1 N–H and O–H groups in total. The largest absolute Gasteiger partial charge is 0.390 e. The molecule has 0 unspecified atom stereocenters. The molecule has 1 aliphatic heterocycles. The van der Waals surface area contributed by atoms with Crippen molar-refractivity contribution in [1.82, 2.24) is 0 Å². The predicted molar refractivity (Wildman–Crippen MR) is 97.3 cm³/mol. The van der Waals surface area contributed by atoms with Crippen LogP contribution < -0.4 is 0 Å². The lowest BCUT2D eigenvalue weighted by molar-refractivity contribution is -0.112. The van der Waals surface area contributed by atoms with Gasteiger partial charge in [-0.15, -0.1) is 0 Å². The summed E-state index contributed by atoms with van der Waals surface area (Å²) in [5, 5.41) is 8.83. The number of ketones is 1. The number of rotatable bonds is 3. The average Bonchev–Trinajstić information content (AvgIpc) is 2.50. The number of hydrogen-bond acceptors (Lipinski definition) is 3. The Bertz CT molecular complexity index is 269. The monoisotopic (exact) mass is 316 g/mol. The van der Waals surface area contributed by atoms with E-state index in [0.717, 1.165) is 32.5 Å². The first-order valence-electron chi connectivity index (χ1n) is 8.68. The first-order chi connectivity index (χ1) is 10.2. The van der Waals surface area contributed by atoms with E-state index in [0.29, 0.717) is 0 Å². The second-order valence-electron chi connectivity index (χ2n) is 5.88. The van der Waals surface area contributed by atoms with E-state index in [9.17, 15) is 4.79 Å². The molecule has 3 heteroatoms. The van der Waals surface area contributed by atoms with E-state index in [-0.39, 0.29) is 11.2 Å². The van der Waals surface area contributed by atoms with Gasteiger partial charge in [0, 0.05) is 13.2 Å². The van der Waals surface area contributed by atoms with Gasteiger partial charge in [-0.05, 0) is 51.5 Å². The molecule has 0 spiro atoms. The van der Waals surface area contributed by atoms with Gasteiger partial charge in [-0.25, -0.2) is 0 Å². The SMILES string of the molecule is CC.CC.CC(=O)/C=C/C1(C)CCOCC1.CCC(C)(C)O. The Morgan fingerprint density at radius 1 is 1.18 bits per heavy atom. The van der Waals surface area contributed by atoms with Crippen molar-refractivity contribution in [3.05, 3.63) is 12.2 Å². The zero-order valence-electron chi connectivity index (χ0n) is 16.5. The summed E-state index contributed by atoms with van der Waals surface area (Å²) in [4.78, 5) is 10.7. The number of ether oxygens (including phenoxy) is 1. The Morgan fingerprint density at radius 2 is 1.55 bits per heavy atom. The third-order valence-corrected chi connectivity index (χ3v) is 3.22. The highest BCUT2D eigenvalue weighted by Crippen LogP contribution is 2.30. The summed E-state index contributed by atoms with van der Waals surface area (Å²) in [5.74, 6) is 0.128. The van der Waals surface area contributed by atoms with Crippen LogP contribution in [0.4, 0.5) is 0 Å². The van der Waals surface area contributed by atoms with Crippen molar-refractivity contribution < 1.29 is 14.6 Å². The van der Waals surface area contributed by atoms with Crippen LogP contribution in [0.1, 0.15) is 81.6 Å². The molecule has 1 fully saturated rings. The topological polar surface area (TPSA) is 46.5 Å². The molecule has 0 aromatic heterocycles. The number of carbonyl (C=O) groups is 1. The van der Waals surface area contributed by atoms with Gasteiger partial charge in [-0.2, -0.15) is 0 Å². The maximum absolute atomic E-state index is 10.7. The van der Waals surface area contributed by atoms with Crippen molar-refractivity contribution >= 4 is 5.78 Å². The minimum Gasteiger partial charge on any atom is -0.390 e. The number of carbonyl (C=O) groups excluding carboxylic acids is 1. The normalized spacial score (nSPS) is 16.3. The Morgan fingerprint density at radius 3 is 1.82 bits per heavy atom. The third kappa shape index (κ3) is 19.3. The van der Waals surface area contributed by atoms with E-state index in [1.54, 1.807) is 26.8 Å². The molecule has 22 heavy (non-hydrogen) atoms. The molecule has 0 aromatic rings. The van der Waals surface area contributed by atoms with E-state index < -0.39 is 5.60 Å². The molecule has 1 saturated heterocycles. The van der Waals surface area contributed by atoms with Gasteiger partial charge in [0.15, 0.2) is 5.78 Å². The van der Waals surface area contributed by atoms with E-state index in [1.807, 2.05) is 40.7 Å². The smallest absolute Gasteiger partial charge is 0.152 e. The summed E-state index contributed by atoms with van der Waals surface area (Å²) in [6, 6.07) is 0. The van der Waals surface area contributed by atoms with Gasteiger partial charge in [-0.3, -0.25) is 4.79 Å². The molecule has 1 heterocycles. The number of aliphatic hydroxyl groups is 1. The van der Waals surface area contributed by atoms with Crippen LogP contribution in [-0.2, 0) is 9.53 Å². The fourth-order valence-electron chi connectivity index (χ4n) is 1.32. The molecular weight excluding hydrogens is 276 g/mol. The first-order valence-corrected chi connectivity index (χ1v) is 8.68. The molecule has 3 nitrogen and oxygen atoms in total. The van der Waals surface area contributed by atoms with Gasteiger partial charge in [0.05, 0.1) is 5.60 Å². The van der Waals surface area contributed by atoms with Gasteiger partial charge >= 0.3 is 0 Å². The molecule has 0 aliphatic carbocycles. The maximum atomic E-state index is 10.7. The fraction of sp³-hybridized carbons (Fsp3) is 0.842. The molecule has 0 saturated carbocycles. The summed E-state index contributed by atoms with van der Waals surface area (Å²) < 4.78 is 5.25. The quantitative estimate of drug-likeness (QED) is 0.731. The Kier molecular flexibility index (Phi) is 18.2. The molecular formula is C19H40O3. The van der Waals surface area contributed by atoms with Crippen molar-refractivity contribution in [3.8, 4) is 0 Å². The van der Waals surface area contributed by atoms with Crippen LogP contribution in [0.3, 0.4) is 0 Å². The van der Waals surface area contributed by atoms with E-state index in [1.165, 1.54) is 0 Å². The van der Waals surface area contributed by atoms with Crippen LogP contribution in [-0.4, -0.2) is 29.7 Å². The second-order valence-corrected chi connectivity index (χ2v) is 5.88. The minimum absolute atomic E-state index is 0.128. The molecule has 0 radical (unpaired) electrons. The lowest BCUT2D eigenvalue weighted by atomic mass is 9.82. The molecule has 0 atom stereocenters. The second kappa shape index (κ2) is 15.2. The van der Waals surface area contributed by atoms with E-state index >= 15 is 0 Å². The average molecular weight is 317 g/mol. The zero-order valence-corrected chi connectivity index (χ0v) is 16.5. The predicted octanol–water partition coefficient (Wildman–Crippen LogP) is 5.17. The number of hydrogen-bond donors (Lipinski definition) is 1. The van der Waals surface area contributed by atoms with Crippen LogP contribution >= 0.6 is 0 Å². The van der Waals surface area contributed by atoms with Crippen LogP contribution in [0.25, 0.3) is 0 Å². The van der Waals surface area contributed by atoms with Gasteiger partial charge in [-0.1, -0.05) is 47.6 Å². The Balaban J connectivity index is -0.000000306. The third-order valence-electron chi connectivity index (χ3n) is 3.22. The summed E-state index contributed by atoms with van der Waals surface area (Å²) >= 11 is 0. The lowest BCUT2D eigenvalue weighted by Gasteiger charge is -2.30. The Labute approximate surface area is 139 Å². The van der Waals surface area contributed by atoms with Crippen LogP contribution in [0.2, 0.25) is 0 Å². The molecule has 0 amide bonds. The highest BCUT2D eigenvalue weighted by molar-refractivity contribution is 5.87. The summed E-state index contributed by atoms with van der Waals surface area (Å²) in [5.41, 5.74) is -0.274. The van der Waals surface area contributed by atoms with Crippen molar-refractivity contribution in [2.24, 2.45) is 5.41 Å². The fourth-order valence-corrected chi connectivity index (χ4v) is 1.32. The maximum Gasteiger partial charge on any atom is 0.152 e. The molecule has 1 rings (SSSR count).